The fraction of sp³-hybridized carbons (Fsp3) is 0.111. The van der Waals surface area contributed by atoms with Crippen molar-refractivity contribution >= 4 is 56.4 Å². The standard InChI is InChI=1S/C9H6Cl2S2/c1-12-5-2-7(10)6-4-9(11)13-8(6)3-5/h2-4H,1H3. The maximum absolute atomic E-state index is 6.09. The molecule has 1 heterocycles. The molecule has 1 aromatic heterocycles. The van der Waals surface area contributed by atoms with Crippen LogP contribution in [0.2, 0.25) is 9.36 Å². The molecule has 0 nitrogen and oxygen atoms in total. The van der Waals surface area contributed by atoms with Gasteiger partial charge in [0.05, 0.1) is 9.36 Å². The highest BCUT2D eigenvalue weighted by Crippen LogP contribution is 2.36. The number of fused-ring (bicyclic) bond motifs is 1. The molecule has 0 aliphatic heterocycles. The zero-order chi connectivity index (χ0) is 9.42. The van der Waals surface area contributed by atoms with Gasteiger partial charge >= 0.3 is 0 Å². The summed E-state index contributed by atoms with van der Waals surface area (Å²) in [4.78, 5) is 1.18. The lowest BCUT2D eigenvalue weighted by molar-refractivity contribution is 1.53. The molecule has 0 saturated carbocycles. The van der Waals surface area contributed by atoms with E-state index in [4.69, 9.17) is 23.2 Å². The van der Waals surface area contributed by atoms with Gasteiger partial charge in [0.1, 0.15) is 0 Å². The third-order valence-corrected chi connectivity index (χ3v) is 4.00. The molecule has 0 saturated heterocycles. The maximum atomic E-state index is 6.09. The fourth-order valence-corrected chi connectivity index (χ4v) is 3.31. The molecule has 0 atom stereocenters. The van der Waals surface area contributed by atoms with E-state index in [1.165, 1.54) is 4.90 Å². The summed E-state index contributed by atoms with van der Waals surface area (Å²) in [6.07, 6.45) is 2.03. The Labute approximate surface area is 94.8 Å². The van der Waals surface area contributed by atoms with Crippen LogP contribution in [-0.2, 0) is 0 Å². The van der Waals surface area contributed by atoms with E-state index < -0.39 is 0 Å². The molecule has 4 heteroatoms. The molecule has 0 bridgehead atoms. The zero-order valence-electron chi connectivity index (χ0n) is 6.80. The van der Waals surface area contributed by atoms with Crippen molar-refractivity contribution < 1.29 is 0 Å². The van der Waals surface area contributed by atoms with Crippen molar-refractivity contribution in [1.82, 2.24) is 0 Å². The monoisotopic (exact) mass is 248 g/mol. The molecular formula is C9H6Cl2S2. The molecule has 0 fully saturated rings. The van der Waals surface area contributed by atoms with E-state index in [1.807, 2.05) is 18.4 Å². The molecule has 0 spiro atoms. The molecular weight excluding hydrogens is 243 g/mol. The minimum absolute atomic E-state index is 0.782. The molecule has 2 rings (SSSR count). The third kappa shape index (κ3) is 1.82. The quantitative estimate of drug-likeness (QED) is 0.646. The summed E-state index contributed by atoms with van der Waals surface area (Å²) in [5.41, 5.74) is 0. The molecule has 1 aromatic carbocycles. The zero-order valence-corrected chi connectivity index (χ0v) is 9.95. The van der Waals surface area contributed by atoms with Crippen LogP contribution in [0.15, 0.2) is 23.1 Å². The fourth-order valence-electron chi connectivity index (χ4n) is 1.16. The number of hydrogen-bond acceptors (Lipinski definition) is 2. The molecule has 2 aromatic rings. The van der Waals surface area contributed by atoms with Crippen LogP contribution in [0.1, 0.15) is 0 Å². The van der Waals surface area contributed by atoms with Gasteiger partial charge in [0.25, 0.3) is 0 Å². The van der Waals surface area contributed by atoms with Crippen molar-refractivity contribution in [3.63, 3.8) is 0 Å². The van der Waals surface area contributed by atoms with E-state index in [0.29, 0.717) is 0 Å². The Balaban J connectivity index is 2.75. The summed E-state index contributed by atoms with van der Waals surface area (Å²) >= 11 is 15.2. The topological polar surface area (TPSA) is 0 Å². The van der Waals surface area contributed by atoms with Crippen LogP contribution in [-0.4, -0.2) is 6.26 Å². The van der Waals surface area contributed by atoms with Crippen molar-refractivity contribution in [3.05, 3.63) is 27.6 Å². The summed E-state index contributed by atoms with van der Waals surface area (Å²) in [5, 5.41) is 1.83. The minimum Gasteiger partial charge on any atom is -0.129 e. The van der Waals surface area contributed by atoms with E-state index in [-0.39, 0.29) is 0 Å². The first-order valence-electron chi connectivity index (χ1n) is 3.63. The van der Waals surface area contributed by atoms with Gasteiger partial charge in [-0.2, -0.15) is 0 Å². The molecule has 0 aliphatic rings. The van der Waals surface area contributed by atoms with Crippen LogP contribution in [0.3, 0.4) is 0 Å². The average molecular weight is 249 g/mol. The summed E-state index contributed by atoms with van der Waals surface area (Å²) < 4.78 is 1.94. The van der Waals surface area contributed by atoms with E-state index >= 15 is 0 Å². The number of hydrogen-bond donors (Lipinski definition) is 0. The number of benzene rings is 1. The van der Waals surface area contributed by atoms with Gasteiger partial charge in [-0.25, -0.2) is 0 Å². The van der Waals surface area contributed by atoms with E-state index in [1.54, 1.807) is 23.1 Å². The first-order valence-corrected chi connectivity index (χ1v) is 6.43. The highest BCUT2D eigenvalue weighted by atomic mass is 35.5. The lowest BCUT2D eigenvalue weighted by atomic mass is 10.3. The van der Waals surface area contributed by atoms with Gasteiger partial charge in [-0.3, -0.25) is 0 Å². The van der Waals surface area contributed by atoms with Crippen LogP contribution in [0.25, 0.3) is 10.1 Å². The summed E-state index contributed by atoms with van der Waals surface area (Å²) in [5.74, 6) is 0. The second-order valence-electron chi connectivity index (χ2n) is 2.57. The summed E-state index contributed by atoms with van der Waals surface area (Å²) in [6.45, 7) is 0. The highest BCUT2D eigenvalue weighted by Gasteiger charge is 2.05. The number of thioether (sulfide) groups is 1. The Morgan fingerprint density at radius 3 is 2.69 bits per heavy atom. The SMILES string of the molecule is CSc1cc(Cl)c2cc(Cl)sc2c1. The van der Waals surface area contributed by atoms with Crippen LogP contribution in [0, 0.1) is 0 Å². The van der Waals surface area contributed by atoms with Gasteiger partial charge < -0.3 is 0 Å². The lowest BCUT2D eigenvalue weighted by Crippen LogP contribution is -1.70. The van der Waals surface area contributed by atoms with Crippen molar-refractivity contribution in [3.8, 4) is 0 Å². The van der Waals surface area contributed by atoms with E-state index in [2.05, 4.69) is 6.07 Å². The minimum atomic E-state index is 0.782. The van der Waals surface area contributed by atoms with Gasteiger partial charge in [0.15, 0.2) is 0 Å². The van der Waals surface area contributed by atoms with Crippen molar-refractivity contribution in [2.75, 3.05) is 6.26 Å². The number of halogens is 2. The normalized spacial score (nSPS) is 11.0. The van der Waals surface area contributed by atoms with Gasteiger partial charge in [0, 0.05) is 15.0 Å². The summed E-state index contributed by atoms with van der Waals surface area (Å²) in [7, 11) is 0. The van der Waals surface area contributed by atoms with Gasteiger partial charge in [-0.1, -0.05) is 23.2 Å². The first kappa shape index (κ1) is 9.66. The van der Waals surface area contributed by atoms with Crippen LogP contribution in [0.5, 0.6) is 0 Å². The number of thiophene rings is 1. The molecule has 0 aliphatic carbocycles. The molecule has 0 radical (unpaired) electrons. The Kier molecular flexibility index (Phi) is 2.75. The van der Waals surface area contributed by atoms with Gasteiger partial charge in [0.2, 0.25) is 0 Å². The van der Waals surface area contributed by atoms with Crippen LogP contribution < -0.4 is 0 Å². The average Bonchev–Trinajstić information content (AvgIpc) is 2.46. The smallest absolute Gasteiger partial charge is 0.0941 e. The van der Waals surface area contributed by atoms with Crippen LogP contribution >= 0.6 is 46.3 Å². The molecule has 0 unspecified atom stereocenters. The van der Waals surface area contributed by atoms with E-state index in [9.17, 15) is 0 Å². The Morgan fingerprint density at radius 1 is 1.23 bits per heavy atom. The predicted molar refractivity (Wildman–Crippen MR) is 63.6 cm³/mol. The Morgan fingerprint density at radius 2 is 2.00 bits per heavy atom. The number of rotatable bonds is 1. The van der Waals surface area contributed by atoms with Crippen LogP contribution in [0.4, 0.5) is 0 Å². The first-order chi connectivity index (χ1) is 6.20. The molecule has 13 heavy (non-hydrogen) atoms. The molecule has 68 valence electrons. The van der Waals surface area contributed by atoms with Crippen molar-refractivity contribution in [2.45, 2.75) is 4.90 Å². The third-order valence-electron chi connectivity index (χ3n) is 1.77. The van der Waals surface area contributed by atoms with Crippen molar-refractivity contribution in [1.29, 1.82) is 0 Å². The Hall–Kier alpha value is 0.110. The predicted octanol–water partition coefficient (Wildman–Crippen LogP) is 4.93. The molecule has 0 amide bonds. The second-order valence-corrected chi connectivity index (χ2v) is 5.57. The van der Waals surface area contributed by atoms with Gasteiger partial charge in [-0.05, 0) is 24.5 Å². The molecule has 0 N–H and O–H groups in total. The van der Waals surface area contributed by atoms with Gasteiger partial charge in [-0.15, -0.1) is 23.1 Å². The maximum Gasteiger partial charge on any atom is 0.0941 e. The largest absolute Gasteiger partial charge is 0.129 e. The van der Waals surface area contributed by atoms with Crippen molar-refractivity contribution in [2.24, 2.45) is 0 Å². The lowest BCUT2D eigenvalue weighted by Gasteiger charge is -1.98. The Bertz CT molecular complexity index is 448. The van der Waals surface area contributed by atoms with E-state index in [0.717, 1.165) is 19.4 Å². The summed E-state index contributed by atoms with van der Waals surface area (Å²) in [6, 6.07) is 5.99. The second kappa shape index (κ2) is 3.70. The highest BCUT2D eigenvalue weighted by molar-refractivity contribution is 7.98.